The lowest BCUT2D eigenvalue weighted by Crippen LogP contribution is -2.27. The molecule has 1 atom stereocenters. The van der Waals surface area contributed by atoms with Crippen molar-refractivity contribution in [3.05, 3.63) is 66.3 Å². The van der Waals surface area contributed by atoms with E-state index in [4.69, 9.17) is 4.42 Å². The Balaban J connectivity index is 1.33. The highest BCUT2D eigenvalue weighted by molar-refractivity contribution is 5.77. The van der Waals surface area contributed by atoms with Gasteiger partial charge in [-0.05, 0) is 31.2 Å². The summed E-state index contributed by atoms with van der Waals surface area (Å²) in [7, 11) is 0. The molecule has 2 N–H and O–H groups in total. The quantitative estimate of drug-likeness (QED) is 0.548. The Labute approximate surface area is 155 Å². The monoisotopic (exact) mass is 361 g/mol. The highest BCUT2D eigenvalue weighted by Gasteiger charge is 2.15. The first kappa shape index (κ1) is 17.0. The molecule has 2 heterocycles. The number of aryl methyl sites for hydroxylation is 1. The van der Waals surface area contributed by atoms with Crippen molar-refractivity contribution in [2.75, 3.05) is 0 Å². The topological polar surface area (TPSA) is 96.7 Å². The van der Waals surface area contributed by atoms with Gasteiger partial charge in [0, 0.05) is 18.4 Å². The van der Waals surface area contributed by atoms with Gasteiger partial charge in [-0.25, -0.2) is 4.98 Å². The summed E-state index contributed by atoms with van der Waals surface area (Å²) in [4.78, 5) is 20.0. The Hall–Kier alpha value is -3.48. The Bertz CT molecular complexity index is 1020. The predicted octanol–water partition coefficient (Wildman–Crippen LogP) is 3.42. The molecule has 0 aliphatic carbocycles. The number of imidazole rings is 1. The molecule has 136 valence electrons. The molecule has 4 aromatic rings. The highest BCUT2D eigenvalue weighted by atomic mass is 16.4. The first-order valence-corrected chi connectivity index (χ1v) is 8.81. The fourth-order valence-electron chi connectivity index (χ4n) is 2.83. The van der Waals surface area contributed by atoms with Crippen LogP contribution in [0.4, 0.5) is 0 Å². The number of benzene rings is 2. The Morgan fingerprint density at radius 3 is 2.70 bits per heavy atom. The summed E-state index contributed by atoms with van der Waals surface area (Å²) in [6, 6.07) is 17.1. The van der Waals surface area contributed by atoms with E-state index < -0.39 is 0 Å². The second-order valence-corrected chi connectivity index (χ2v) is 6.30. The van der Waals surface area contributed by atoms with Crippen LogP contribution in [0, 0.1) is 0 Å². The SMILES string of the molecule is CC(NC(=O)CCc1nnc(-c2ccccc2)o1)c1nc2ccccc2[nH]1. The number of aromatic amines is 1. The van der Waals surface area contributed by atoms with Crippen molar-refractivity contribution < 1.29 is 9.21 Å². The van der Waals surface area contributed by atoms with Gasteiger partial charge in [0.2, 0.25) is 17.7 Å². The number of para-hydroxylation sites is 2. The van der Waals surface area contributed by atoms with Crippen LogP contribution in [0.15, 0.2) is 59.0 Å². The van der Waals surface area contributed by atoms with Crippen molar-refractivity contribution in [2.24, 2.45) is 0 Å². The van der Waals surface area contributed by atoms with Crippen LogP contribution in [0.25, 0.3) is 22.5 Å². The second kappa shape index (κ2) is 7.41. The summed E-state index contributed by atoms with van der Waals surface area (Å²) in [5.74, 6) is 1.54. The molecule has 7 heteroatoms. The Kier molecular flexibility index (Phi) is 4.65. The Morgan fingerprint density at radius 1 is 1.11 bits per heavy atom. The number of amides is 1. The summed E-state index contributed by atoms with van der Waals surface area (Å²) < 4.78 is 5.63. The van der Waals surface area contributed by atoms with Crippen molar-refractivity contribution in [3.8, 4) is 11.5 Å². The molecule has 4 rings (SSSR count). The molecule has 0 radical (unpaired) electrons. The van der Waals surface area contributed by atoms with E-state index in [2.05, 4.69) is 25.5 Å². The molecule has 0 aliphatic heterocycles. The number of hydrogen-bond acceptors (Lipinski definition) is 5. The number of hydrogen-bond donors (Lipinski definition) is 2. The van der Waals surface area contributed by atoms with E-state index in [0.717, 1.165) is 22.4 Å². The maximum atomic E-state index is 12.2. The first-order valence-electron chi connectivity index (χ1n) is 8.81. The minimum absolute atomic E-state index is 0.0950. The third-order valence-corrected chi connectivity index (χ3v) is 4.25. The zero-order chi connectivity index (χ0) is 18.6. The van der Waals surface area contributed by atoms with Crippen LogP contribution >= 0.6 is 0 Å². The second-order valence-electron chi connectivity index (χ2n) is 6.30. The minimum atomic E-state index is -0.215. The molecule has 0 bridgehead atoms. The van der Waals surface area contributed by atoms with Gasteiger partial charge in [-0.15, -0.1) is 10.2 Å². The third-order valence-electron chi connectivity index (χ3n) is 4.25. The number of H-pyrrole nitrogens is 1. The number of carbonyl (C=O) groups is 1. The average Bonchev–Trinajstić information content (AvgIpc) is 3.34. The number of carbonyl (C=O) groups excluding carboxylic acids is 1. The summed E-state index contributed by atoms with van der Waals surface area (Å²) in [5.41, 5.74) is 2.69. The maximum Gasteiger partial charge on any atom is 0.247 e. The molecule has 2 aromatic heterocycles. The Morgan fingerprint density at radius 2 is 1.89 bits per heavy atom. The highest BCUT2D eigenvalue weighted by Crippen LogP contribution is 2.18. The van der Waals surface area contributed by atoms with Crippen molar-refractivity contribution >= 4 is 16.9 Å². The molecule has 27 heavy (non-hydrogen) atoms. The lowest BCUT2D eigenvalue weighted by Gasteiger charge is -2.10. The fraction of sp³-hybridized carbons (Fsp3) is 0.200. The van der Waals surface area contributed by atoms with Gasteiger partial charge in [0.05, 0.1) is 17.1 Å². The van der Waals surface area contributed by atoms with Gasteiger partial charge in [0.15, 0.2) is 0 Å². The van der Waals surface area contributed by atoms with Crippen LogP contribution in [0.1, 0.15) is 31.1 Å². The zero-order valence-corrected chi connectivity index (χ0v) is 14.8. The smallest absolute Gasteiger partial charge is 0.247 e. The van der Waals surface area contributed by atoms with E-state index in [1.165, 1.54) is 0 Å². The molecule has 1 amide bonds. The molecule has 7 nitrogen and oxygen atoms in total. The molecule has 0 spiro atoms. The van der Waals surface area contributed by atoms with E-state index in [-0.39, 0.29) is 18.4 Å². The summed E-state index contributed by atoms with van der Waals surface area (Å²) >= 11 is 0. The molecule has 0 saturated carbocycles. The van der Waals surface area contributed by atoms with Crippen LogP contribution in [-0.2, 0) is 11.2 Å². The van der Waals surface area contributed by atoms with Crippen LogP contribution in [0.3, 0.4) is 0 Å². The van der Waals surface area contributed by atoms with Gasteiger partial charge in [-0.2, -0.15) is 0 Å². The molecular weight excluding hydrogens is 342 g/mol. The van der Waals surface area contributed by atoms with E-state index >= 15 is 0 Å². The van der Waals surface area contributed by atoms with Crippen LogP contribution < -0.4 is 5.32 Å². The predicted molar refractivity (Wildman–Crippen MR) is 101 cm³/mol. The summed E-state index contributed by atoms with van der Waals surface area (Å²) in [5, 5.41) is 11.0. The standard InChI is InChI=1S/C20H19N5O2/c1-13(19-22-15-9-5-6-10-16(15)23-19)21-17(26)11-12-18-24-25-20(27-18)14-7-3-2-4-8-14/h2-10,13H,11-12H2,1H3,(H,21,26)(H,22,23). The fourth-order valence-corrected chi connectivity index (χ4v) is 2.83. The van der Waals surface area contributed by atoms with Crippen LogP contribution in [-0.4, -0.2) is 26.1 Å². The number of nitrogens with zero attached hydrogens (tertiary/aromatic N) is 3. The van der Waals surface area contributed by atoms with Gasteiger partial charge in [0.1, 0.15) is 5.82 Å². The molecular formula is C20H19N5O2. The number of rotatable bonds is 6. The van der Waals surface area contributed by atoms with E-state index in [1.54, 1.807) is 0 Å². The third kappa shape index (κ3) is 3.87. The van der Waals surface area contributed by atoms with Gasteiger partial charge in [0.25, 0.3) is 0 Å². The molecule has 0 fully saturated rings. The van der Waals surface area contributed by atoms with Crippen LogP contribution in [0.5, 0.6) is 0 Å². The van der Waals surface area contributed by atoms with Crippen molar-refractivity contribution in [1.82, 2.24) is 25.5 Å². The van der Waals surface area contributed by atoms with Crippen LogP contribution in [0.2, 0.25) is 0 Å². The summed E-state index contributed by atoms with van der Waals surface area (Å²) in [6.07, 6.45) is 0.652. The van der Waals surface area contributed by atoms with Gasteiger partial charge >= 0.3 is 0 Å². The molecule has 0 saturated heterocycles. The first-order chi connectivity index (χ1) is 13.2. The van der Waals surface area contributed by atoms with Crippen molar-refractivity contribution in [1.29, 1.82) is 0 Å². The van der Waals surface area contributed by atoms with Crippen molar-refractivity contribution in [2.45, 2.75) is 25.8 Å². The number of nitrogens with one attached hydrogen (secondary N) is 2. The molecule has 2 aromatic carbocycles. The van der Waals surface area contributed by atoms with E-state index in [1.807, 2.05) is 61.5 Å². The normalized spacial score (nSPS) is 12.2. The van der Waals surface area contributed by atoms with Gasteiger partial charge in [-0.1, -0.05) is 30.3 Å². The molecule has 0 aliphatic rings. The van der Waals surface area contributed by atoms with Gasteiger partial charge < -0.3 is 14.7 Å². The number of fused-ring (bicyclic) bond motifs is 1. The maximum absolute atomic E-state index is 12.2. The number of aromatic nitrogens is 4. The zero-order valence-electron chi connectivity index (χ0n) is 14.8. The lowest BCUT2D eigenvalue weighted by atomic mass is 10.2. The summed E-state index contributed by atoms with van der Waals surface area (Å²) in [6.45, 7) is 1.90. The lowest BCUT2D eigenvalue weighted by molar-refractivity contribution is -0.121. The largest absolute Gasteiger partial charge is 0.421 e. The van der Waals surface area contributed by atoms with E-state index in [0.29, 0.717) is 18.2 Å². The molecule has 1 unspecified atom stereocenters. The van der Waals surface area contributed by atoms with Gasteiger partial charge in [-0.3, -0.25) is 4.79 Å². The van der Waals surface area contributed by atoms with E-state index in [9.17, 15) is 4.79 Å². The average molecular weight is 361 g/mol. The minimum Gasteiger partial charge on any atom is -0.421 e. The van der Waals surface area contributed by atoms with Crippen molar-refractivity contribution in [3.63, 3.8) is 0 Å².